The Labute approximate surface area is 145 Å². The highest BCUT2D eigenvalue weighted by Crippen LogP contribution is 2.19. The highest BCUT2D eigenvalue weighted by Gasteiger charge is 2.11. The minimum Gasteiger partial charge on any atom is -0.320 e. The molecule has 0 aliphatic carbocycles. The number of nitro groups is 1. The van der Waals surface area contributed by atoms with Crippen molar-refractivity contribution in [3.05, 3.63) is 73.4 Å². The molecule has 23 heavy (non-hydrogen) atoms. The van der Waals surface area contributed by atoms with Crippen molar-refractivity contribution in [2.75, 3.05) is 5.32 Å². The molecule has 2 aromatic rings. The maximum atomic E-state index is 12.2. The van der Waals surface area contributed by atoms with Crippen LogP contribution in [0.3, 0.4) is 0 Å². The van der Waals surface area contributed by atoms with Gasteiger partial charge < -0.3 is 5.32 Å². The third kappa shape index (κ3) is 4.37. The molecule has 1 amide bonds. The first-order chi connectivity index (χ1) is 11.0. The van der Waals surface area contributed by atoms with Gasteiger partial charge >= 0.3 is 0 Å². The van der Waals surface area contributed by atoms with E-state index >= 15 is 0 Å². The summed E-state index contributed by atoms with van der Waals surface area (Å²) >= 11 is 2.08. The van der Waals surface area contributed by atoms with Gasteiger partial charge in [0.1, 0.15) is 11.6 Å². The molecule has 0 atom stereocenters. The van der Waals surface area contributed by atoms with Crippen LogP contribution in [0.5, 0.6) is 0 Å². The Morgan fingerprint density at radius 1 is 1.22 bits per heavy atom. The van der Waals surface area contributed by atoms with Crippen LogP contribution in [-0.2, 0) is 4.79 Å². The van der Waals surface area contributed by atoms with E-state index in [2.05, 4.69) is 27.9 Å². The van der Waals surface area contributed by atoms with Crippen molar-refractivity contribution in [1.82, 2.24) is 0 Å². The minimum atomic E-state index is -0.532. The molecule has 2 rings (SSSR count). The van der Waals surface area contributed by atoms with Gasteiger partial charge in [0.25, 0.3) is 11.6 Å². The molecule has 0 aliphatic heterocycles. The number of rotatable bonds is 4. The Morgan fingerprint density at radius 3 is 2.43 bits per heavy atom. The highest BCUT2D eigenvalue weighted by molar-refractivity contribution is 14.1. The van der Waals surface area contributed by atoms with Gasteiger partial charge in [0, 0.05) is 15.7 Å². The van der Waals surface area contributed by atoms with Gasteiger partial charge in [-0.05, 0) is 58.5 Å². The topological polar surface area (TPSA) is 96.0 Å². The van der Waals surface area contributed by atoms with Crippen molar-refractivity contribution in [1.29, 1.82) is 5.26 Å². The van der Waals surface area contributed by atoms with Gasteiger partial charge in [0.15, 0.2) is 0 Å². The summed E-state index contributed by atoms with van der Waals surface area (Å²) in [5.41, 5.74) is 1.01. The molecule has 1 N–H and O–H groups in total. The number of hydrogen-bond donors (Lipinski definition) is 1. The number of anilines is 1. The molecule has 0 aliphatic rings. The summed E-state index contributed by atoms with van der Waals surface area (Å²) in [6, 6.07) is 14.6. The number of nitro benzene ring substituents is 1. The fourth-order valence-electron chi connectivity index (χ4n) is 1.76. The first kappa shape index (κ1) is 16.6. The average molecular weight is 419 g/mol. The lowest BCUT2D eigenvalue weighted by atomic mass is 10.1. The molecule has 114 valence electrons. The number of nitrogens with one attached hydrogen (secondary N) is 1. The quantitative estimate of drug-likeness (QED) is 0.269. The predicted molar refractivity (Wildman–Crippen MR) is 94.5 cm³/mol. The summed E-state index contributed by atoms with van der Waals surface area (Å²) in [5, 5.41) is 22.4. The average Bonchev–Trinajstić information content (AvgIpc) is 2.55. The van der Waals surface area contributed by atoms with Crippen LogP contribution in [0.1, 0.15) is 5.56 Å². The van der Waals surface area contributed by atoms with E-state index in [-0.39, 0.29) is 11.3 Å². The van der Waals surface area contributed by atoms with E-state index in [9.17, 15) is 14.9 Å². The van der Waals surface area contributed by atoms with E-state index in [4.69, 9.17) is 5.26 Å². The zero-order valence-electron chi connectivity index (χ0n) is 11.7. The highest BCUT2D eigenvalue weighted by atomic mass is 127. The van der Waals surface area contributed by atoms with Gasteiger partial charge in [-0.3, -0.25) is 14.9 Å². The van der Waals surface area contributed by atoms with E-state index in [1.807, 2.05) is 18.2 Å². The van der Waals surface area contributed by atoms with E-state index in [0.717, 1.165) is 3.57 Å². The molecule has 2 aromatic carbocycles. The molecule has 0 spiro atoms. The van der Waals surface area contributed by atoms with Gasteiger partial charge in [0.2, 0.25) is 0 Å². The van der Waals surface area contributed by atoms with Crippen molar-refractivity contribution in [3.8, 4) is 6.07 Å². The van der Waals surface area contributed by atoms with E-state index < -0.39 is 10.8 Å². The monoisotopic (exact) mass is 419 g/mol. The number of nitriles is 1. The second-order valence-corrected chi connectivity index (χ2v) is 5.61. The van der Waals surface area contributed by atoms with Gasteiger partial charge in [-0.25, -0.2) is 0 Å². The van der Waals surface area contributed by atoms with Crippen LogP contribution in [0, 0.1) is 25.0 Å². The van der Waals surface area contributed by atoms with Gasteiger partial charge in [-0.2, -0.15) is 5.26 Å². The smallest absolute Gasteiger partial charge is 0.269 e. The molecule has 0 saturated heterocycles. The van der Waals surface area contributed by atoms with E-state index in [1.54, 1.807) is 12.1 Å². The van der Waals surface area contributed by atoms with Crippen LogP contribution in [0.25, 0.3) is 6.08 Å². The number of amides is 1. The SMILES string of the molecule is N#CC(=Cc1ccc([N+](=O)[O-])cc1)C(=O)Nc1ccccc1I. The first-order valence-electron chi connectivity index (χ1n) is 6.43. The molecule has 6 nitrogen and oxygen atoms in total. The molecule has 0 bridgehead atoms. The number of carbonyl (C=O) groups excluding carboxylic acids is 1. The fourth-order valence-corrected chi connectivity index (χ4v) is 2.28. The van der Waals surface area contributed by atoms with E-state index in [0.29, 0.717) is 11.3 Å². The number of halogens is 1. The summed E-state index contributed by atoms with van der Waals surface area (Å²) in [5.74, 6) is -0.532. The number of non-ortho nitro benzene ring substituents is 1. The zero-order valence-corrected chi connectivity index (χ0v) is 13.9. The largest absolute Gasteiger partial charge is 0.320 e. The van der Waals surface area contributed by atoms with Crippen molar-refractivity contribution in [2.45, 2.75) is 0 Å². The molecule has 7 heteroatoms. The molecule has 0 fully saturated rings. The zero-order chi connectivity index (χ0) is 16.8. The van der Waals surface area contributed by atoms with Crippen LogP contribution in [0.4, 0.5) is 11.4 Å². The Morgan fingerprint density at radius 2 is 1.87 bits per heavy atom. The van der Waals surface area contributed by atoms with Crippen molar-refractivity contribution >= 4 is 45.9 Å². The normalized spacial score (nSPS) is 10.7. The number of carbonyl (C=O) groups is 1. The van der Waals surface area contributed by atoms with Crippen LogP contribution >= 0.6 is 22.6 Å². The first-order valence-corrected chi connectivity index (χ1v) is 7.51. The lowest BCUT2D eigenvalue weighted by Gasteiger charge is -2.06. The van der Waals surface area contributed by atoms with Gasteiger partial charge in [-0.15, -0.1) is 0 Å². The lowest BCUT2D eigenvalue weighted by Crippen LogP contribution is -2.14. The molecule has 0 unspecified atom stereocenters. The maximum absolute atomic E-state index is 12.2. The van der Waals surface area contributed by atoms with Crippen LogP contribution < -0.4 is 5.32 Å². The molecule has 0 radical (unpaired) electrons. The molecule has 0 aromatic heterocycles. The number of benzene rings is 2. The third-order valence-electron chi connectivity index (χ3n) is 2.90. The van der Waals surface area contributed by atoms with E-state index in [1.165, 1.54) is 30.3 Å². The van der Waals surface area contributed by atoms with Gasteiger partial charge in [-0.1, -0.05) is 12.1 Å². The Hall–Kier alpha value is -2.73. The van der Waals surface area contributed by atoms with Crippen molar-refractivity contribution < 1.29 is 9.72 Å². The molecular weight excluding hydrogens is 409 g/mol. The standard InChI is InChI=1S/C16H10IN3O3/c17-14-3-1-2-4-15(14)19-16(21)12(10-18)9-11-5-7-13(8-6-11)20(22)23/h1-9H,(H,19,21). The predicted octanol–water partition coefficient (Wildman–Crippen LogP) is 3.75. The Balaban J connectivity index is 2.21. The molecular formula is C16H10IN3O3. The molecule has 0 heterocycles. The maximum Gasteiger partial charge on any atom is 0.269 e. The van der Waals surface area contributed by atoms with Crippen LogP contribution in [0.2, 0.25) is 0 Å². The Bertz CT molecular complexity index is 823. The summed E-state index contributed by atoms with van der Waals surface area (Å²) in [6.45, 7) is 0. The second kappa shape index (κ2) is 7.51. The van der Waals surface area contributed by atoms with Crippen LogP contribution in [-0.4, -0.2) is 10.8 Å². The summed E-state index contributed by atoms with van der Waals surface area (Å²) in [4.78, 5) is 22.3. The number of nitrogens with zero attached hydrogens (tertiary/aromatic N) is 2. The summed E-state index contributed by atoms with van der Waals surface area (Å²) in [6.07, 6.45) is 1.38. The van der Waals surface area contributed by atoms with Crippen LogP contribution in [0.15, 0.2) is 54.1 Å². The second-order valence-electron chi connectivity index (χ2n) is 4.45. The minimum absolute atomic E-state index is 0.0519. The summed E-state index contributed by atoms with van der Waals surface area (Å²) < 4.78 is 0.853. The summed E-state index contributed by atoms with van der Waals surface area (Å²) in [7, 11) is 0. The number of hydrogen-bond acceptors (Lipinski definition) is 4. The third-order valence-corrected chi connectivity index (χ3v) is 3.84. The number of para-hydroxylation sites is 1. The van der Waals surface area contributed by atoms with Gasteiger partial charge in [0.05, 0.1) is 10.6 Å². The van der Waals surface area contributed by atoms with Crippen molar-refractivity contribution in [3.63, 3.8) is 0 Å². The lowest BCUT2D eigenvalue weighted by molar-refractivity contribution is -0.384. The molecule has 0 saturated carbocycles. The Kier molecular flexibility index (Phi) is 5.43. The fraction of sp³-hybridized carbons (Fsp3) is 0. The van der Waals surface area contributed by atoms with Crippen molar-refractivity contribution in [2.24, 2.45) is 0 Å².